The first kappa shape index (κ1) is 33.4. The molecule has 266 valence electrons. The molecule has 9 unspecified atom stereocenters. The van der Waals surface area contributed by atoms with Crippen molar-refractivity contribution in [3.05, 3.63) is 0 Å². The summed E-state index contributed by atoms with van der Waals surface area (Å²) in [5.74, 6) is 3.60. The second kappa shape index (κ2) is 11.6. The molecule has 2 spiro atoms. The fraction of sp³-hybridized carbons (Fsp3) is 0.975. The lowest BCUT2D eigenvalue weighted by molar-refractivity contribution is -0.244. The molecule has 0 bridgehead atoms. The van der Waals surface area contributed by atoms with Crippen molar-refractivity contribution in [3.63, 3.8) is 0 Å². The van der Waals surface area contributed by atoms with E-state index in [9.17, 15) is 15.0 Å². The Morgan fingerprint density at radius 1 is 0.936 bits per heavy atom. The topological polar surface area (TPSA) is 88.5 Å². The number of carbonyl (C=O) groups is 1. The maximum absolute atomic E-state index is 13.3. The Bertz CT molecular complexity index is 1190. The number of aliphatic hydroxyl groups is 2. The number of carbonyl (C=O) groups excluding carboxylic acids is 1. The van der Waals surface area contributed by atoms with E-state index in [2.05, 4.69) is 20.8 Å². The Balaban J connectivity index is 0.925. The van der Waals surface area contributed by atoms with E-state index < -0.39 is 11.7 Å². The molecule has 0 aromatic rings. The SMILES string of the molecule is CC12CC[C@@]34CC35CC[C@H](OC3CN(C(=O)CC6CCCCC6)CCO3)C(C)(C)C5CCC4C1CC1OC([C@H](O)C(C)(C)O)CCC12. The van der Waals surface area contributed by atoms with Crippen LogP contribution < -0.4 is 0 Å². The first-order valence-corrected chi connectivity index (χ1v) is 19.9. The summed E-state index contributed by atoms with van der Waals surface area (Å²) in [6.45, 7) is 12.8. The standard InChI is InChI=1S/C40H65NO6/c1-36(2)31-14-12-26-28-22-30-27(11-13-29(46-30)35(43)37(3,4)44)38(28,5)17-18-39(26)24-40(31,39)16-15-32(36)47-34-23-41(19-20-45-34)33(42)21-25-9-7-6-8-10-25/h25-32,34-35,43-44H,6-24H2,1-5H3/t26?,27?,28?,29?,30?,31?,32-,34?,35-,38?,39-,40?/m0/s1. The van der Waals surface area contributed by atoms with Gasteiger partial charge in [0.1, 0.15) is 6.10 Å². The second-order valence-corrected chi connectivity index (χ2v) is 19.4. The van der Waals surface area contributed by atoms with Gasteiger partial charge in [0.15, 0.2) is 6.29 Å². The maximum atomic E-state index is 13.3. The van der Waals surface area contributed by atoms with E-state index in [-0.39, 0.29) is 30.0 Å². The summed E-state index contributed by atoms with van der Waals surface area (Å²) < 4.78 is 19.8. The van der Waals surface area contributed by atoms with Gasteiger partial charge in [0.05, 0.1) is 37.1 Å². The average Bonchev–Trinajstić information content (AvgIpc) is 3.62. The molecule has 2 saturated heterocycles. The highest BCUT2D eigenvalue weighted by molar-refractivity contribution is 5.76. The molecule has 7 heteroatoms. The zero-order chi connectivity index (χ0) is 33.0. The number of ether oxygens (including phenoxy) is 3. The van der Waals surface area contributed by atoms with Crippen molar-refractivity contribution in [1.29, 1.82) is 0 Å². The van der Waals surface area contributed by atoms with E-state index in [4.69, 9.17) is 14.2 Å². The fourth-order valence-electron chi connectivity index (χ4n) is 14.1. The molecule has 7 nitrogen and oxygen atoms in total. The van der Waals surface area contributed by atoms with Crippen molar-refractivity contribution in [2.75, 3.05) is 19.7 Å². The normalized spacial score (nSPS) is 48.4. The number of amides is 1. The molecule has 2 N–H and O–H groups in total. The monoisotopic (exact) mass is 655 g/mol. The van der Waals surface area contributed by atoms with Gasteiger partial charge in [-0.05, 0) is 142 Å². The van der Waals surface area contributed by atoms with Crippen LogP contribution in [0.15, 0.2) is 0 Å². The average molecular weight is 656 g/mol. The number of aliphatic hydroxyl groups excluding tert-OH is 1. The number of hydrogen-bond acceptors (Lipinski definition) is 6. The molecule has 6 aliphatic carbocycles. The largest absolute Gasteiger partial charge is 0.388 e. The molecular formula is C40H65NO6. The summed E-state index contributed by atoms with van der Waals surface area (Å²) in [6.07, 6.45) is 18.1. The van der Waals surface area contributed by atoms with Gasteiger partial charge in [-0.1, -0.05) is 40.0 Å². The van der Waals surface area contributed by atoms with E-state index in [1.165, 1.54) is 70.6 Å². The van der Waals surface area contributed by atoms with Crippen molar-refractivity contribution in [2.45, 2.75) is 174 Å². The molecule has 8 aliphatic rings. The molecule has 8 fully saturated rings. The fourth-order valence-corrected chi connectivity index (χ4v) is 14.1. The molecule has 2 heterocycles. The molecule has 0 aromatic heterocycles. The van der Waals surface area contributed by atoms with Crippen LogP contribution in [0.25, 0.3) is 0 Å². The van der Waals surface area contributed by atoms with Crippen molar-refractivity contribution in [1.82, 2.24) is 4.90 Å². The first-order chi connectivity index (χ1) is 22.3. The van der Waals surface area contributed by atoms with Gasteiger partial charge in [0.25, 0.3) is 0 Å². The molecule has 6 saturated carbocycles. The predicted octanol–water partition coefficient (Wildman–Crippen LogP) is 6.87. The van der Waals surface area contributed by atoms with Gasteiger partial charge in [0, 0.05) is 13.0 Å². The molecular weight excluding hydrogens is 590 g/mol. The molecule has 0 radical (unpaired) electrons. The first-order valence-electron chi connectivity index (χ1n) is 19.9. The van der Waals surface area contributed by atoms with Gasteiger partial charge in [-0.25, -0.2) is 0 Å². The number of fused-ring (bicyclic) bond motifs is 4. The summed E-state index contributed by atoms with van der Waals surface area (Å²) in [7, 11) is 0. The lowest BCUT2D eigenvalue weighted by atomic mass is 9.46. The third kappa shape index (κ3) is 5.23. The number of morpholine rings is 1. The van der Waals surface area contributed by atoms with Gasteiger partial charge >= 0.3 is 0 Å². The minimum absolute atomic E-state index is 0.0818. The molecule has 0 aromatic carbocycles. The van der Waals surface area contributed by atoms with Gasteiger partial charge in [-0.3, -0.25) is 4.79 Å². The summed E-state index contributed by atoms with van der Waals surface area (Å²) in [6, 6.07) is 0. The third-order valence-corrected chi connectivity index (χ3v) is 16.5. The lowest BCUT2D eigenvalue weighted by Gasteiger charge is -2.60. The van der Waals surface area contributed by atoms with E-state index in [1.807, 2.05) is 4.90 Å². The summed E-state index contributed by atoms with van der Waals surface area (Å²) in [4.78, 5) is 15.3. The maximum Gasteiger partial charge on any atom is 0.223 e. The minimum atomic E-state index is -1.14. The Kier molecular flexibility index (Phi) is 8.28. The van der Waals surface area contributed by atoms with Crippen molar-refractivity contribution < 1.29 is 29.2 Å². The zero-order valence-electron chi connectivity index (χ0n) is 30.2. The Hall–Kier alpha value is -0.730. The molecule has 47 heavy (non-hydrogen) atoms. The van der Waals surface area contributed by atoms with Crippen LogP contribution in [-0.4, -0.2) is 77.0 Å². The summed E-state index contributed by atoms with van der Waals surface area (Å²) in [5.41, 5.74) is 0.198. The second-order valence-electron chi connectivity index (χ2n) is 19.4. The highest BCUT2D eigenvalue weighted by atomic mass is 16.7. The van der Waals surface area contributed by atoms with Crippen molar-refractivity contribution in [2.24, 2.45) is 51.2 Å². The molecule has 12 atom stereocenters. The highest BCUT2D eigenvalue weighted by Crippen LogP contribution is 2.87. The van der Waals surface area contributed by atoms with Crippen LogP contribution in [0.4, 0.5) is 0 Å². The smallest absolute Gasteiger partial charge is 0.223 e. The van der Waals surface area contributed by atoms with Crippen LogP contribution >= 0.6 is 0 Å². The molecule has 8 rings (SSSR count). The highest BCUT2D eigenvalue weighted by Gasteiger charge is 2.80. The Labute approximate surface area is 284 Å². The van der Waals surface area contributed by atoms with E-state index >= 15 is 0 Å². The number of nitrogens with zero attached hydrogens (tertiary/aromatic N) is 1. The zero-order valence-corrected chi connectivity index (χ0v) is 30.2. The third-order valence-electron chi connectivity index (χ3n) is 16.5. The van der Waals surface area contributed by atoms with Gasteiger partial charge in [-0.15, -0.1) is 0 Å². The van der Waals surface area contributed by atoms with Gasteiger partial charge in [-0.2, -0.15) is 0 Å². The quantitative estimate of drug-likeness (QED) is 0.325. The summed E-state index contributed by atoms with van der Waals surface area (Å²) >= 11 is 0. The predicted molar refractivity (Wildman–Crippen MR) is 180 cm³/mol. The number of hydrogen-bond donors (Lipinski definition) is 2. The Morgan fingerprint density at radius 2 is 1.70 bits per heavy atom. The molecule has 2 aliphatic heterocycles. The van der Waals surface area contributed by atoms with Crippen LogP contribution in [0, 0.1) is 51.2 Å². The van der Waals surface area contributed by atoms with Gasteiger partial charge in [0.2, 0.25) is 5.91 Å². The van der Waals surface area contributed by atoms with Crippen LogP contribution in [0.1, 0.15) is 137 Å². The van der Waals surface area contributed by atoms with Crippen molar-refractivity contribution in [3.8, 4) is 0 Å². The van der Waals surface area contributed by atoms with Crippen LogP contribution in [0.3, 0.4) is 0 Å². The van der Waals surface area contributed by atoms with Crippen LogP contribution in [0.5, 0.6) is 0 Å². The Morgan fingerprint density at radius 3 is 2.47 bits per heavy atom. The van der Waals surface area contributed by atoms with Crippen molar-refractivity contribution >= 4 is 5.91 Å². The minimum Gasteiger partial charge on any atom is -0.388 e. The lowest BCUT2D eigenvalue weighted by Crippen LogP contribution is -2.56. The number of rotatable bonds is 6. The summed E-state index contributed by atoms with van der Waals surface area (Å²) in [5, 5.41) is 21.4. The van der Waals surface area contributed by atoms with Crippen LogP contribution in [0.2, 0.25) is 0 Å². The van der Waals surface area contributed by atoms with E-state index in [1.54, 1.807) is 13.8 Å². The molecule has 1 amide bonds. The van der Waals surface area contributed by atoms with E-state index in [0.29, 0.717) is 71.9 Å². The van der Waals surface area contributed by atoms with E-state index in [0.717, 1.165) is 31.6 Å². The van der Waals surface area contributed by atoms with Gasteiger partial charge < -0.3 is 29.3 Å². The van der Waals surface area contributed by atoms with Crippen LogP contribution in [-0.2, 0) is 19.0 Å².